The lowest BCUT2D eigenvalue weighted by atomic mass is 10.5. The van der Waals surface area contributed by atoms with Gasteiger partial charge in [-0.1, -0.05) is 13.8 Å². The van der Waals surface area contributed by atoms with Crippen LogP contribution in [0.4, 0.5) is 0 Å². The van der Waals surface area contributed by atoms with E-state index in [9.17, 15) is 16.8 Å². The van der Waals surface area contributed by atoms with Crippen LogP contribution in [0.25, 0.3) is 0 Å². The van der Waals surface area contributed by atoms with E-state index in [1.165, 1.54) is 0 Å². The predicted octanol–water partition coefficient (Wildman–Crippen LogP) is 0.364. The molecule has 6 nitrogen and oxygen atoms in total. The van der Waals surface area contributed by atoms with Gasteiger partial charge in [0, 0.05) is 25.7 Å². The van der Waals surface area contributed by atoms with E-state index < -0.39 is 25.4 Å². The fourth-order valence-corrected chi connectivity index (χ4v) is 13.8. The molecule has 0 aliphatic carbocycles. The van der Waals surface area contributed by atoms with Gasteiger partial charge in [0.2, 0.25) is 0 Å². The number of rotatable bonds is 8. The van der Waals surface area contributed by atoms with Gasteiger partial charge in [-0.3, -0.25) is 0 Å². The van der Waals surface area contributed by atoms with Crippen molar-refractivity contribution in [3.8, 4) is 0 Å². The standard InChI is InChI=1S/C8H20O6S2Si/c1-5-7-13-17(14-8-6-2,15(3,9)10)16(4,11)12/h5-8H2,1-4H3. The first-order valence-electron chi connectivity index (χ1n) is 5.29. The summed E-state index contributed by atoms with van der Waals surface area (Å²) in [7, 11) is -7.84. The average Bonchev–Trinajstić information content (AvgIpc) is 2.14. The lowest BCUT2D eigenvalue weighted by Gasteiger charge is -2.25. The summed E-state index contributed by atoms with van der Waals surface area (Å²) in [6, 6.07) is 0. The van der Waals surface area contributed by atoms with Gasteiger partial charge in [-0.15, -0.1) is 0 Å². The molecule has 0 rings (SSSR count). The summed E-state index contributed by atoms with van der Waals surface area (Å²) in [5, 5.41) is 0. The second-order valence-electron chi connectivity index (χ2n) is 3.74. The highest BCUT2D eigenvalue weighted by Gasteiger charge is 2.61. The van der Waals surface area contributed by atoms with E-state index in [1.807, 2.05) is 0 Å². The van der Waals surface area contributed by atoms with Crippen LogP contribution in [0.3, 0.4) is 0 Å². The van der Waals surface area contributed by atoms with Gasteiger partial charge in [-0.05, 0) is 12.8 Å². The molecule has 0 saturated heterocycles. The smallest absolute Gasteiger partial charge is 0.373 e. The van der Waals surface area contributed by atoms with Crippen molar-refractivity contribution in [2.45, 2.75) is 26.7 Å². The summed E-state index contributed by atoms with van der Waals surface area (Å²) < 4.78 is 57.3. The van der Waals surface area contributed by atoms with Crippen LogP contribution in [0.1, 0.15) is 26.7 Å². The van der Waals surface area contributed by atoms with E-state index in [4.69, 9.17) is 8.85 Å². The normalized spacial score (nSPS) is 13.9. The monoisotopic (exact) mass is 304 g/mol. The van der Waals surface area contributed by atoms with Gasteiger partial charge in [0.15, 0.2) is 18.6 Å². The Morgan fingerprint density at radius 2 is 1.12 bits per heavy atom. The largest absolute Gasteiger partial charge is 0.598 e. The van der Waals surface area contributed by atoms with Crippen LogP contribution in [0.2, 0.25) is 0 Å². The first kappa shape index (κ1) is 17.0. The zero-order chi connectivity index (χ0) is 13.7. The number of hydrogen-bond donors (Lipinski definition) is 0. The molecule has 104 valence electrons. The van der Waals surface area contributed by atoms with Gasteiger partial charge in [0.25, 0.3) is 0 Å². The highest BCUT2D eigenvalue weighted by molar-refractivity contribution is 8.49. The fourth-order valence-electron chi connectivity index (χ4n) is 1.20. The molecular formula is C8H20O6S2Si. The van der Waals surface area contributed by atoms with Crippen molar-refractivity contribution in [2.24, 2.45) is 0 Å². The topological polar surface area (TPSA) is 86.7 Å². The minimum Gasteiger partial charge on any atom is -0.373 e. The highest BCUT2D eigenvalue weighted by Crippen LogP contribution is 2.22. The lowest BCUT2D eigenvalue weighted by Crippen LogP contribution is -2.57. The first-order valence-corrected chi connectivity index (χ1v) is 12.3. The molecule has 0 aromatic carbocycles. The van der Waals surface area contributed by atoms with Crippen LogP contribution in [0.5, 0.6) is 0 Å². The summed E-state index contributed by atoms with van der Waals surface area (Å²) in [6.07, 6.45) is 2.75. The van der Waals surface area contributed by atoms with Crippen molar-refractivity contribution in [3.63, 3.8) is 0 Å². The average molecular weight is 304 g/mol. The van der Waals surface area contributed by atoms with Crippen LogP contribution in [-0.4, -0.2) is 49.4 Å². The molecule has 0 fully saturated rings. The fraction of sp³-hybridized carbons (Fsp3) is 1.00. The zero-order valence-electron chi connectivity index (χ0n) is 10.6. The Bertz CT molecular complexity index is 385. The minimum atomic E-state index is -4.30. The molecule has 0 N–H and O–H groups in total. The van der Waals surface area contributed by atoms with Gasteiger partial charge >= 0.3 is 6.86 Å². The van der Waals surface area contributed by atoms with Crippen molar-refractivity contribution in [3.05, 3.63) is 0 Å². The molecule has 0 aliphatic heterocycles. The molecule has 0 aliphatic rings. The lowest BCUT2D eigenvalue weighted by molar-refractivity contribution is 0.202. The predicted molar refractivity (Wildman–Crippen MR) is 67.9 cm³/mol. The van der Waals surface area contributed by atoms with Crippen molar-refractivity contribution >= 4 is 25.4 Å². The van der Waals surface area contributed by atoms with E-state index >= 15 is 0 Å². The molecule has 0 aromatic heterocycles. The number of hydrogen-bond acceptors (Lipinski definition) is 6. The molecular weight excluding hydrogens is 284 g/mol. The van der Waals surface area contributed by atoms with Crippen molar-refractivity contribution in [2.75, 3.05) is 25.7 Å². The van der Waals surface area contributed by atoms with Gasteiger partial charge in [-0.25, -0.2) is 16.8 Å². The van der Waals surface area contributed by atoms with Crippen LogP contribution in [0, 0.1) is 0 Å². The molecule has 0 saturated carbocycles. The molecule has 0 spiro atoms. The summed E-state index contributed by atoms with van der Waals surface area (Å²) in [4.78, 5) is 0. The molecule has 0 bridgehead atoms. The Kier molecular flexibility index (Phi) is 6.29. The van der Waals surface area contributed by atoms with Crippen molar-refractivity contribution in [1.29, 1.82) is 0 Å². The van der Waals surface area contributed by atoms with Crippen molar-refractivity contribution in [1.82, 2.24) is 0 Å². The molecule has 0 atom stereocenters. The summed E-state index contributed by atoms with van der Waals surface area (Å²) in [5.41, 5.74) is 0. The highest BCUT2D eigenvalue weighted by atomic mass is 32.6. The van der Waals surface area contributed by atoms with E-state index in [0.717, 1.165) is 12.5 Å². The molecule has 0 aromatic rings. The Balaban J connectivity index is 5.56. The maximum atomic E-state index is 11.7. The van der Waals surface area contributed by atoms with Gasteiger partial charge in [0.05, 0.1) is 0 Å². The summed E-state index contributed by atoms with van der Waals surface area (Å²) >= 11 is 0. The third kappa shape index (κ3) is 4.02. The van der Waals surface area contributed by atoms with Crippen LogP contribution >= 0.6 is 0 Å². The van der Waals surface area contributed by atoms with Gasteiger partial charge < -0.3 is 8.85 Å². The Morgan fingerprint density at radius 3 is 1.29 bits per heavy atom. The first-order chi connectivity index (χ1) is 7.62. The molecule has 17 heavy (non-hydrogen) atoms. The third-order valence-corrected chi connectivity index (χ3v) is 17.1. The molecule has 0 unspecified atom stereocenters. The van der Waals surface area contributed by atoms with E-state index in [-0.39, 0.29) is 13.2 Å². The molecule has 0 radical (unpaired) electrons. The van der Waals surface area contributed by atoms with Gasteiger partial charge in [0.1, 0.15) is 0 Å². The van der Waals surface area contributed by atoms with Crippen LogP contribution < -0.4 is 0 Å². The quantitative estimate of drug-likeness (QED) is 0.602. The summed E-state index contributed by atoms with van der Waals surface area (Å²) in [6.45, 7) is -0.658. The molecule has 0 heterocycles. The zero-order valence-corrected chi connectivity index (χ0v) is 13.2. The second kappa shape index (κ2) is 6.28. The Hall–Kier alpha value is 0.0369. The maximum absolute atomic E-state index is 11.7. The van der Waals surface area contributed by atoms with Crippen LogP contribution in [-0.2, 0) is 27.4 Å². The van der Waals surface area contributed by atoms with E-state index in [1.54, 1.807) is 13.8 Å². The molecule has 0 amide bonds. The van der Waals surface area contributed by atoms with Crippen molar-refractivity contribution < 1.29 is 25.7 Å². The SMILES string of the molecule is CCCO[Si](OCCC)(S(C)(=O)=O)S(C)(=O)=O. The Labute approximate surface area is 104 Å². The maximum Gasteiger partial charge on any atom is 0.598 e. The summed E-state index contributed by atoms with van der Waals surface area (Å²) in [5.74, 6) is 0. The third-order valence-electron chi connectivity index (χ3n) is 1.87. The Morgan fingerprint density at radius 1 is 0.824 bits per heavy atom. The van der Waals surface area contributed by atoms with Crippen LogP contribution in [0.15, 0.2) is 0 Å². The van der Waals surface area contributed by atoms with E-state index in [2.05, 4.69) is 0 Å². The minimum absolute atomic E-state index is 0.0517. The van der Waals surface area contributed by atoms with Gasteiger partial charge in [-0.2, -0.15) is 0 Å². The second-order valence-corrected chi connectivity index (χ2v) is 16.9. The van der Waals surface area contributed by atoms with E-state index in [0.29, 0.717) is 12.8 Å². The molecule has 9 heteroatoms.